The average molecular weight is 298 g/mol. The second kappa shape index (κ2) is 5.47. The number of benzene rings is 1. The molecule has 0 saturated heterocycles. The highest BCUT2D eigenvalue weighted by atomic mass is 14.9. The van der Waals surface area contributed by atoms with Gasteiger partial charge in [-0.1, -0.05) is 24.5 Å². The lowest BCUT2D eigenvalue weighted by Crippen LogP contribution is -2.20. The summed E-state index contributed by atoms with van der Waals surface area (Å²) in [5.41, 5.74) is 4.16. The molecule has 0 spiro atoms. The third kappa shape index (κ3) is 2.47. The van der Waals surface area contributed by atoms with Gasteiger partial charge in [-0.25, -0.2) is 4.99 Å². The van der Waals surface area contributed by atoms with Crippen LogP contribution in [0, 0.1) is 16.7 Å². The van der Waals surface area contributed by atoms with E-state index >= 15 is 0 Å². The summed E-state index contributed by atoms with van der Waals surface area (Å²) in [4.78, 5) is 8.25. The van der Waals surface area contributed by atoms with Crippen LogP contribution in [0.2, 0.25) is 0 Å². The number of nitrogens with one attached hydrogen (secondary N) is 1. The number of fused-ring (bicyclic) bond motifs is 1. The van der Waals surface area contributed by atoms with Crippen LogP contribution >= 0.6 is 0 Å². The lowest BCUT2D eigenvalue weighted by atomic mass is 9.77. The number of pyridine rings is 1. The summed E-state index contributed by atoms with van der Waals surface area (Å²) in [5.74, 6) is 0.168. The predicted octanol–water partition coefficient (Wildman–Crippen LogP) is 2.49. The molecule has 0 saturated carbocycles. The van der Waals surface area contributed by atoms with Crippen molar-refractivity contribution in [3.05, 3.63) is 47.3 Å². The number of amidine groups is 1. The first-order valence-corrected chi connectivity index (χ1v) is 7.43. The van der Waals surface area contributed by atoms with Crippen molar-refractivity contribution in [2.24, 2.45) is 4.99 Å². The number of nitriles is 1. The molecule has 1 aromatic carbocycles. The van der Waals surface area contributed by atoms with Gasteiger partial charge < -0.3 is 0 Å². The van der Waals surface area contributed by atoms with E-state index in [9.17, 15) is 5.26 Å². The normalized spacial score (nSPS) is 15.1. The zero-order chi connectivity index (χ0) is 16.6. The smallest absolute Gasteiger partial charge is 0.171 e. The quantitative estimate of drug-likeness (QED) is 0.884. The molecule has 1 N–H and O–H groups in total. The van der Waals surface area contributed by atoms with Crippen LogP contribution in [-0.4, -0.2) is 24.9 Å². The first kappa shape index (κ1) is 15.2. The molecule has 0 aliphatic carbocycles. The first-order chi connectivity index (χ1) is 11.0. The highest BCUT2D eigenvalue weighted by Crippen LogP contribution is 2.32. The molecule has 23 heavy (non-hydrogen) atoms. The van der Waals surface area contributed by atoms with Crippen LogP contribution in [0.4, 0.5) is 0 Å². The van der Waals surface area contributed by atoms with Crippen molar-refractivity contribution in [2.75, 3.05) is 0 Å². The van der Waals surface area contributed by atoms with Crippen LogP contribution in [-0.2, 0) is 5.41 Å². The van der Waals surface area contributed by atoms with Crippen LogP contribution < -0.4 is 5.46 Å². The molecule has 0 bridgehead atoms. The van der Waals surface area contributed by atoms with Gasteiger partial charge >= 0.3 is 0 Å². The Bertz CT molecular complexity index is 879. The minimum absolute atomic E-state index is 0.168. The van der Waals surface area contributed by atoms with Crippen LogP contribution in [0.3, 0.4) is 0 Å². The minimum atomic E-state index is -0.582. The van der Waals surface area contributed by atoms with Crippen molar-refractivity contribution in [1.29, 1.82) is 10.7 Å². The Hall–Kier alpha value is -2.74. The van der Waals surface area contributed by atoms with Gasteiger partial charge in [0.05, 0.1) is 11.5 Å². The van der Waals surface area contributed by atoms with Gasteiger partial charge in [-0.2, -0.15) is 5.26 Å². The van der Waals surface area contributed by atoms with Gasteiger partial charge in [-0.05, 0) is 42.2 Å². The molecule has 1 unspecified atom stereocenters. The number of hydrogen-bond acceptors (Lipinski definition) is 3. The van der Waals surface area contributed by atoms with Gasteiger partial charge in [0.1, 0.15) is 13.5 Å². The van der Waals surface area contributed by atoms with E-state index in [1.165, 1.54) is 0 Å². The Kier molecular flexibility index (Phi) is 3.61. The molecule has 5 heteroatoms. The third-order valence-electron chi connectivity index (χ3n) is 4.39. The van der Waals surface area contributed by atoms with Crippen LogP contribution in [0.15, 0.2) is 35.5 Å². The molecule has 1 atom stereocenters. The monoisotopic (exact) mass is 298 g/mol. The Morgan fingerprint density at radius 1 is 1.35 bits per heavy atom. The second-order valence-electron chi connectivity index (χ2n) is 5.87. The average Bonchev–Trinajstić information content (AvgIpc) is 2.95. The van der Waals surface area contributed by atoms with Crippen molar-refractivity contribution in [1.82, 2.24) is 4.98 Å². The number of rotatable bonds is 3. The third-order valence-corrected chi connectivity index (χ3v) is 4.39. The summed E-state index contributed by atoms with van der Waals surface area (Å²) in [5, 5.41) is 17.3. The van der Waals surface area contributed by atoms with Gasteiger partial charge in [0, 0.05) is 18.0 Å². The second-order valence-corrected chi connectivity index (χ2v) is 5.87. The van der Waals surface area contributed by atoms with Crippen molar-refractivity contribution in [3.8, 4) is 17.2 Å². The Morgan fingerprint density at radius 2 is 2.13 bits per heavy atom. The molecular weight excluding hydrogens is 283 g/mol. The van der Waals surface area contributed by atoms with Crippen molar-refractivity contribution >= 4 is 25.4 Å². The minimum Gasteiger partial charge on any atom is -0.281 e. The van der Waals surface area contributed by atoms with E-state index in [2.05, 4.69) is 16.0 Å². The highest BCUT2D eigenvalue weighted by molar-refractivity contribution is 6.32. The zero-order valence-corrected chi connectivity index (χ0v) is 13.1. The number of nitrogens with zero attached hydrogens (tertiary/aromatic N) is 3. The Labute approximate surface area is 136 Å². The van der Waals surface area contributed by atoms with Crippen molar-refractivity contribution in [3.63, 3.8) is 0 Å². The van der Waals surface area contributed by atoms with E-state index in [1.807, 2.05) is 38.1 Å². The number of aliphatic imine (C=N–C) groups is 1. The van der Waals surface area contributed by atoms with E-state index in [1.54, 1.807) is 12.4 Å². The SMILES string of the molecule is [B]c1cc(-c2ccnc3c2C=NC3=N)cc(C(C)(C#N)CC)c1. The zero-order valence-electron chi connectivity index (χ0n) is 13.1. The van der Waals surface area contributed by atoms with Crippen molar-refractivity contribution < 1.29 is 0 Å². The van der Waals surface area contributed by atoms with E-state index in [0.717, 1.165) is 22.3 Å². The molecule has 1 aliphatic heterocycles. The topological polar surface area (TPSA) is 72.9 Å². The maximum absolute atomic E-state index is 9.53. The van der Waals surface area contributed by atoms with Gasteiger partial charge in [0.15, 0.2) is 5.84 Å². The molecule has 1 aromatic heterocycles. The molecule has 3 rings (SSSR count). The summed E-state index contributed by atoms with van der Waals surface area (Å²) in [6.45, 7) is 3.91. The van der Waals surface area contributed by atoms with E-state index in [4.69, 9.17) is 13.3 Å². The van der Waals surface area contributed by atoms with E-state index < -0.39 is 5.41 Å². The van der Waals surface area contributed by atoms with Gasteiger partial charge in [0.25, 0.3) is 0 Å². The summed E-state index contributed by atoms with van der Waals surface area (Å²) in [6, 6.07) is 9.99. The first-order valence-electron chi connectivity index (χ1n) is 7.43. The Balaban J connectivity index is 2.20. The molecule has 4 nitrogen and oxygen atoms in total. The predicted molar refractivity (Wildman–Crippen MR) is 92.7 cm³/mol. The molecule has 0 fully saturated rings. The van der Waals surface area contributed by atoms with Gasteiger partial charge in [-0.3, -0.25) is 10.4 Å². The summed E-state index contributed by atoms with van der Waals surface area (Å²) in [7, 11) is 6.07. The summed E-state index contributed by atoms with van der Waals surface area (Å²) >= 11 is 0. The molecule has 1 aliphatic rings. The summed E-state index contributed by atoms with van der Waals surface area (Å²) in [6.07, 6.45) is 4.03. The van der Waals surface area contributed by atoms with Crippen LogP contribution in [0.5, 0.6) is 0 Å². The number of aromatic nitrogens is 1. The van der Waals surface area contributed by atoms with Gasteiger partial charge in [0.2, 0.25) is 0 Å². The fourth-order valence-corrected chi connectivity index (χ4v) is 2.71. The molecule has 2 heterocycles. The van der Waals surface area contributed by atoms with E-state index in [-0.39, 0.29) is 5.84 Å². The lowest BCUT2D eigenvalue weighted by Gasteiger charge is -2.22. The van der Waals surface area contributed by atoms with Crippen molar-refractivity contribution in [2.45, 2.75) is 25.7 Å². The molecule has 2 aromatic rings. The largest absolute Gasteiger partial charge is 0.281 e. The van der Waals surface area contributed by atoms with Crippen LogP contribution in [0.1, 0.15) is 37.1 Å². The lowest BCUT2D eigenvalue weighted by molar-refractivity contribution is 0.588. The molecule has 0 amide bonds. The fraction of sp³-hybridized carbons (Fsp3) is 0.222. The standard InChI is InChI=1S/C18H15BN4/c1-3-18(2,10-20)12-6-11(7-13(19)8-12)14-4-5-22-16-15(14)9-23-17(16)21/h4-9,21H,3H2,1-2H3. The van der Waals surface area contributed by atoms with Gasteiger partial charge in [-0.15, -0.1) is 0 Å². The molecule has 2 radical (unpaired) electrons. The van der Waals surface area contributed by atoms with E-state index in [0.29, 0.717) is 17.6 Å². The molecule has 110 valence electrons. The Morgan fingerprint density at radius 3 is 2.83 bits per heavy atom. The number of hydrogen-bond donors (Lipinski definition) is 1. The van der Waals surface area contributed by atoms with Crippen LogP contribution in [0.25, 0.3) is 11.1 Å². The fourth-order valence-electron chi connectivity index (χ4n) is 2.71. The molecular formula is C18H15BN4. The maximum Gasteiger partial charge on any atom is 0.171 e. The highest BCUT2D eigenvalue weighted by Gasteiger charge is 2.25. The summed E-state index contributed by atoms with van der Waals surface area (Å²) < 4.78 is 0. The maximum atomic E-state index is 9.53.